The molecule has 0 heterocycles. The van der Waals surface area contributed by atoms with Gasteiger partial charge in [-0.25, -0.2) is 8.42 Å². The average molecular weight is 298 g/mol. The van der Waals surface area contributed by atoms with Gasteiger partial charge in [-0.1, -0.05) is 31.5 Å². The predicted octanol–water partition coefficient (Wildman–Crippen LogP) is 1.90. The van der Waals surface area contributed by atoms with Crippen molar-refractivity contribution in [3.05, 3.63) is 29.8 Å². The highest BCUT2D eigenvalue weighted by Crippen LogP contribution is 2.12. The van der Waals surface area contributed by atoms with Gasteiger partial charge in [-0.3, -0.25) is 9.52 Å². The Labute approximate surface area is 120 Å². The second-order valence-electron chi connectivity index (χ2n) is 4.94. The second kappa shape index (κ2) is 7.28. The molecule has 1 rings (SSSR count). The molecular formula is C14H22N2O3S. The van der Waals surface area contributed by atoms with Gasteiger partial charge in [-0.05, 0) is 25.5 Å². The topological polar surface area (TPSA) is 75.3 Å². The first-order valence-corrected chi connectivity index (χ1v) is 8.34. The normalized spacial score (nSPS) is 12.8. The zero-order valence-electron chi connectivity index (χ0n) is 12.1. The van der Waals surface area contributed by atoms with E-state index in [1.807, 2.05) is 26.0 Å². The molecule has 112 valence electrons. The van der Waals surface area contributed by atoms with Crippen molar-refractivity contribution >= 4 is 21.6 Å². The van der Waals surface area contributed by atoms with Crippen LogP contribution in [0, 0.1) is 12.8 Å². The summed E-state index contributed by atoms with van der Waals surface area (Å²) in [5.74, 6) is -1.04. The van der Waals surface area contributed by atoms with Crippen LogP contribution in [0.15, 0.2) is 24.3 Å². The first-order valence-electron chi connectivity index (χ1n) is 6.69. The number of nitrogens with one attached hydrogen (secondary N) is 2. The molecule has 0 bridgehead atoms. The summed E-state index contributed by atoms with van der Waals surface area (Å²) < 4.78 is 26.4. The summed E-state index contributed by atoms with van der Waals surface area (Å²) in [6.07, 6.45) is 0.826. The summed E-state index contributed by atoms with van der Waals surface area (Å²) in [6.45, 7) is 6.05. The number of carbonyl (C=O) groups excluding carboxylic acids is 1. The molecule has 0 aliphatic rings. The van der Waals surface area contributed by atoms with Gasteiger partial charge < -0.3 is 5.32 Å². The first kappa shape index (κ1) is 16.5. The van der Waals surface area contributed by atoms with Gasteiger partial charge in [0.05, 0.1) is 11.7 Å². The van der Waals surface area contributed by atoms with E-state index in [4.69, 9.17) is 0 Å². The Kier molecular flexibility index (Phi) is 6.01. The van der Waals surface area contributed by atoms with Crippen LogP contribution in [0.5, 0.6) is 0 Å². The Morgan fingerprint density at radius 1 is 1.25 bits per heavy atom. The van der Waals surface area contributed by atoms with Crippen LogP contribution in [-0.2, 0) is 14.8 Å². The highest BCUT2D eigenvalue weighted by atomic mass is 32.2. The third kappa shape index (κ3) is 5.61. The van der Waals surface area contributed by atoms with Crippen LogP contribution in [0.3, 0.4) is 0 Å². The molecule has 6 heteroatoms. The number of benzene rings is 1. The van der Waals surface area contributed by atoms with Gasteiger partial charge in [-0.15, -0.1) is 0 Å². The van der Waals surface area contributed by atoms with Gasteiger partial charge in [-0.2, -0.15) is 0 Å². The van der Waals surface area contributed by atoms with Crippen molar-refractivity contribution in [2.75, 3.05) is 17.0 Å². The molecular weight excluding hydrogens is 276 g/mol. The van der Waals surface area contributed by atoms with E-state index in [1.54, 1.807) is 19.1 Å². The molecule has 20 heavy (non-hydrogen) atoms. The molecule has 1 aromatic carbocycles. The lowest BCUT2D eigenvalue weighted by atomic mass is 10.2. The standard InChI is InChI=1S/C14H22N2O3S/c1-4-9-15-14(17)12(3)10-20(18,19)16-13-7-5-11(2)6-8-13/h5-8,12,16H,4,9-10H2,1-3H3,(H,15,17). The Hall–Kier alpha value is -1.56. The first-order chi connectivity index (χ1) is 9.34. The molecule has 0 aliphatic carbocycles. The summed E-state index contributed by atoms with van der Waals surface area (Å²) in [4.78, 5) is 11.7. The quantitative estimate of drug-likeness (QED) is 0.807. The summed E-state index contributed by atoms with van der Waals surface area (Å²) >= 11 is 0. The van der Waals surface area contributed by atoms with E-state index in [-0.39, 0.29) is 11.7 Å². The van der Waals surface area contributed by atoms with Crippen molar-refractivity contribution in [2.24, 2.45) is 5.92 Å². The number of hydrogen-bond acceptors (Lipinski definition) is 3. The minimum absolute atomic E-state index is 0.226. The minimum Gasteiger partial charge on any atom is -0.356 e. The van der Waals surface area contributed by atoms with Gasteiger partial charge >= 0.3 is 0 Å². The third-order valence-corrected chi connectivity index (χ3v) is 4.28. The second-order valence-corrected chi connectivity index (χ2v) is 6.71. The average Bonchev–Trinajstić information content (AvgIpc) is 2.37. The van der Waals surface area contributed by atoms with E-state index >= 15 is 0 Å². The zero-order chi connectivity index (χ0) is 15.2. The smallest absolute Gasteiger partial charge is 0.233 e. The number of amides is 1. The van der Waals surface area contributed by atoms with E-state index in [2.05, 4.69) is 10.0 Å². The molecule has 0 saturated heterocycles. The maximum atomic E-state index is 12.0. The highest BCUT2D eigenvalue weighted by Gasteiger charge is 2.21. The van der Waals surface area contributed by atoms with Gasteiger partial charge in [0.15, 0.2) is 0 Å². The Morgan fingerprint density at radius 2 is 1.85 bits per heavy atom. The van der Waals surface area contributed by atoms with Crippen molar-refractivity contribution in [1.29, 1.82) is 0 Å². The number of aryl methyl sites for hydroxylation is 1. The van der Waals surface area contributed by atoms with Gasteiger partial charge in [0.25, 0.3) is 0 Å². The molecule has 0 radical (unpaired) electrons. The van der Waals surface area contributed by atoms with E-state index < -0.39 is 15.9 Å². The maximum absolute atomic E-state index is 12.0. The number of sulfonamides is 1. The molecule has 0 fully saturated rings. The van der Waals surface area contributed by atoms with E-state index in [1.165, 1.54) is 0 Å². The number of anilines is 1. The lowest BCUT2D eigenvalue weighted by molar-refractivity contribution is -0.123. The molecule has 0 aliphatic heterocycles. The van der Waals surface area contributed by atoms with Crippen LogP contribution in [0.25, 0.3) is 0 Å². The molecule has 0 aromatic heterocycles. The molecule has 0 spiro atoms. The van der Waals surface area contributed by atoms with Crippen LogP contribution < -0.4 is 10.0 Å². The van der Waals surface area contributed by atoms with E-state index in [9.17, 15) is 13.2 Å². The molecule has 1 aromatic rings. The molecule has 1 atom stereocenters. The van der Waals surface area contributed by atoms with Crippen molar-refractivity contribution in [1.82, 2.24) is 5.32 Å². The Balaban J connectivity index is 2.61. The molecule has 5 nitrogen and oxygen atoms in total. The van der Waals surface area contributed by atoms with Crippen molar-refractivity contribution < 1.29 is 13.2 Å². The van der Waals surface area contributed by atoms with Gasteiger partial charge in [0, 0.05) is 12.2 Å². The Morgan fingerprint density at radius 3 is 2.40 bits per heavy atom. The van der Waals surface area contributed by atoms with Gasteiger partial charge in [0.2, 0.25) is 15.9 Å². The molecule has 1 amide bonds. The summed E-state index contributed by atoms with van der Waals surface area (Å²) in [6, 6.07) is 7.06. The molecule has 2 N–H and O–H groups in total. The Bertz CT molecular complexity index is 538. The zero-order valence-corrected chi connectivity index (χ0v) is 13.0. The van der Waals surface area contributed by atoms with E-state index in [0.29, 0.717) is 12.2 Å². The monoisotopic (exact) mass is 298 g/mol. The van der Waals surface area contributed by atoms with E-state index in [0.717, 1.165) is 12.0 Å². The van der Waals surface area contributed by atoms with Gasteiger partial charge in [0.1, 0.15) is 0 Å². The van der Waals surface area contributed by atoms with Crippen LogP contribution in [0.4, 0.5) is 5.69 Å². The van der Waals surface area contributed by atoms with Crippen LogP contribution in [0.2, 0.25) is 0 Å². The number of carbonyl (C=O) groups is 1. The lowest BCUT2D eigenvalue weighted by Gasteiger charge is -2.13. The highest BCUT2D eigenvalue weighted by molar-refractivity contribution is 7.92. The fraction of sp³-hybridized carbons (Fsp3) is 0.500. The summed E-state index contributed by atoms with van der Waals surface area (Å²) in [7, 11) is -3.53. The molecule has 1 unspecified atom stereocenters. The minimum atomic E-state index is -3.53. The van der Waals surface area contributed by atoms with Crippen LogP contribution in [0.1, 0.15) is 25.8 Å². The fourth-order valence-corrected chi connectivity index (χ4v) is 3.06. The fourth-order valence-electron chi connectivity index (χ4n) is 1.67. The molecule has 0 saturated carbocycles. The maximum Gasteiger partial charge on any atom is 0.233 e. The van der Waals surface area contributed by atoms with Crippen LogP contribution in [-0.4, -0.2) is 26.6 Å². The van der Waals surface area contributed by atoms with Crippen molar-refractivity contribution in [3.63, 3.8) is 0 Å². The van der Waals surface area contributed by atoms with Crippen LogP contribution >= 0.6 is 0 Å². The lowest BCUT2D eigenvalue weighted by Crippen LogP contribution is -2.35. The predicted molar refractivity (Wildman–Crippen MR) is 81.1 cm³/mol. The third-order valence-electron chi connectivity index (χ3n) is 2.79. The summed E-state index contributed by atoms with van der Waals surface area (Å²) in [5, 5.41) is 2.69. The summed E-state index contributed by atoms with van der Waals surface area (Å²) in [5.41, 5.74) is 1.57. The van der Waals surface area contributed by atoms with Crippen molar-refractivity contribution in [3.8, 4) is 0 Å². The number of rotatable bonds is 7. The largest absolute Gasteiger partial charge is 0.356 e. The SMILES string of the molecule is CCCNC(=O)C(C)CS(=O)(=O)Nc1ccc(C)cc1. The van der Waals surface area contributed by atoms with Crippen molar-refractivity contribution in [2.45, 2.75) is 27.2 Å². The number of hydrogen-bond donors (Lipinski definition) is 2.